The van der Waals surface area contributed by atoms with Crippen molar-refractivity contribution in [1.82, 2.24) is 15.4 Å². The molecule has 6 heteroatoms. The molecule has 0 aliphatic heterocycles. The van der Waals surface area contributed by atoms with Crippen LogP contribution < -0.4 is 10.9 Å². The summed E-state index contributed by atoms with van der Waals surface area (Å²) in [5.74, 6) is 1.36. The Balaban J connectivity index is 1.55. The fraction of sp³-hybridized carbons (Fsp3) is 0.357. The molecular weight excluding hydrogens is 256 g/mol. The summed E-state index contributed by atoms with van der Waals surface area (Å²) in [6.45, 7) is 3.77. The maximum Gasteiger partial charge on any atom is 0.242 e. The Labute approximate surface area is 116 Å². The van der Waals surface area contributed by atoms with Gasteiger partial charge in [-0.15, -0.1) is 0 Å². The average molecular weight is 272 g/mol. The molecule has 0 saturated heterocycles. The van der Waals surface area contributed by atoms with Gasteiger partial charge in [-0.25, -0.2) is 9.97 Å². The van der Waals surface area contributed by atoms with E-state index in [2.05, 4.69) is 20.8 Å². The zero-order valence-corrected chi connectivity index (χ0v) is 11.4. The van der Waals surface area contributed by atoms with Crippen LogP contribution in [0, 0.1) is 19.8 Å². The number of anilines is 1. The van der Waals surface area contributed by atoms with Crippen molar-refractivity contribution in [3.63, 3.8) is 0 Å². The van der Waals surface area contributed by atoms with Crippen LogP contribution in [-0.2, 0) is 4.79 Å². The molecule has 3 rings (SSSR count). The lowest BCUT2D eigenvalue weighted by atomic mass is 10.2. The van der Waals surface area contributed by atoms with Gasteiger partial charge in [0.05, 0.1) is 12.2 Å². The molecule has 6 nitrogen and oxygen atoms in total. The summed E-state index contributed by atoms with van der Waals surface area (Å²) in [7, 11) is 0. The molecule has 20 heavy (non-hydrogen) atoms. The maximum atomic E-state index is 12.0. The summed E-state index contributed by atoms with van der Waals surface area (Å²) < 4.78 is 5.31. The molecule has 0 spiro atoms. The Kier molecular flexibility index (Phi) is 3.14. The molecule has 2 N–H and O–H groups in total. The number of nitrogens with zero attached hydrogens (tertiary/aromatic N) is 2. The third-order valence-electron chi connectivity index (χ3n) is 3.32. The van der Waals surface area contributed by atoms with Gasteiger partial charge in [-0.2, -0.15) is 0 Å². The Morgan fingerprint density at radius 3 is 2.75 bits per heavy atom. The number of amides is 1. The van der Waals surface area contributed by atoms with Crippen molar-refractivity contribution >= 4 is 11.9 Å². The Bertz CT molecular complexity index is 604. The maximum absolute atomic E-state index is 12.0. The molecule has 1 fully saturated rings. The fourth-order valence-corrected chi connectivity index (χ4v) is 2.29. The highest BCUT2D eigenvalue weighted by atomic mass is 16.3. The number of hydrazine groups is 1. The Hall–Kier alpha value is -2.37. The first-order valence-corrected chi connectivity index (χ1v) is 6.55. The third kappa shape index (κ3) is 2.64. The second-order valence-corrected chi connectivity index (χ2v) is 5.05. The number of aryl methyl sites for hydroxylation is 2. The monoisotopic (exact) mass is 272 g/mol. The van der Waals surface area contributed by atoms with Crippen LogP contribution in [0.4, 0.5) is 5.95 Å². The topological polar surface area (TPSA) is 80.0 Å². The second kappa shape index (κ2) is 4.96. The van der Waals surface area contributed by atoms with Crippen molar-refractivity contribution in [2.75, 3.05) is 5.43 Å². The first-order chi connectivity index (χ1) is 9.63. The molecule has 1 saturated carbocycles. The van der Waals surface area contributed by atoms with Gasteiger partial charge in [-0.3, -0.25) is 15.6 Å². The lowest BCUT2D eigenvalue weighted by Gasteiger charge is -2.07. The molecule has 104 valence electrons. The molecule has 0 unspecified atom stereocenters. The van der Waals surface area contributed by atoms with E-state index in [9.17, 15) is 4.79 Å². The van der Waals surface area contributed by atoms with Gasteiger partial charge < -0.3 is 4.42 Å². The van der Waals surface area contributed by atoms with Gasteiger partial charge in [-0.1, -0.05) is 0 Å². The van der Waals surface area contributed by atoms with Gasteiger partial charge in [0.1, 0.15) is 5.76 Å². The van der Waals surface area contributed by atoms with Gasteiger partial charge in [-0.05, 0) is 38.5 Å². The van der Waals surface area contributed by atoms with Gasteiger partial charge in [0.15, 0.2) is 0 Å². The Morgan fingerprint density at radius 2 is 2.10 bits per heavy atom. The summed E-state index contributed by atoms with van der Waals surface area (Å²) in [5.41, 5.74) is 7.12. The van der Waals surface area contributed by atoms with Crippen molar-refractivity contribution in [3.8, 4) is 0 Å². The summed E-state index contributed by atoms with van der Waals surface area (Å²) in [6, 6.07) is 5.61. The van der Waals surface area contributed by atoms with Crippen molar-refractivity contribution < 1.29 is 9.21 Å². The number of hydrogen-bond donors (Lipinski definition) is 2. The predicted molar refractivity (Wildman–Crippen MR) is 72.8 cm³/mol. The lowest BCUT2D eigenvalue weighted by Crippen LogP contribution is -2.32. The van der Waals surface area contributed by atoms with E-state index < -0.39 is 0 Å². The quantitative estimate of drug-likeness (QED) is 0.831. The normalized spacial score (nSPS) is 20.5. The molecule has 0 aromatic carbocycles. The van der Waals surface area contributed by atoms with Crippen LogP contribution in [0.25, 0.3) is 0 Å². The first kappa shape index (κ1) is 12.7. The zero-order chi connectivity index (χ0) is 14.1. The van der Waals surface area contributed by atoms with E-state index in [4.69, 9.17) is 4.42 Å². The third-order valence-corrected chi connectivity index (χ3v) is 3.32. The number of nitrogens with one attached hydrogen (secondary N) is 2. The minimum absolute atomic E-state index is 0.0421. The van der Waals surface area contributed by atoms with Crippen LogP contribution in [-0.4, -0.2) is 15.9 Å². The van der Waals surface area contributed by atoms with Crippen molar-refractivity contribution in [2.24, 2.45) is 5.92 Å². The molecule has 2 atom stereocenters. The van der Waals surface area contributed by atoms with E-state index >= 15 is 0 Å². The van der Waals surface area contributed by atoms with Crippen molar-refractivity contribution in [1.29, 1.82) is 0 Å². The van der Waals surface area contributed by atoms with Crippen LogP contribution in [0.5, 0.6) is 0 Å². The van der Waals surface area contributed by atoms with E-state index in [0.717, 1.165) is 23.6 Å². The number of aromatic nitrogens is 2. The summed E-state index contributed by atoms with van der Waals surface area (Å²) >= 11 is 0. The molecule has 2 aromatic rings. The molecule has 1 amide bonds. The van der Waals surface area contributed by atoms with Gasteiger partial charge in [0.2, 0.25) is 11.9 Å². The summed E-state index contributed by atoms with van der Waals surface area (Å²) in [6.07, 6.45) is 2.44. The summed E-state index contributed by atoms with van der Waals surface area (Å²) in [5, 5.41) is 0. The SMILES string of the molecule is Cc1cc(C)nc(NNC(=O)[C@@H]2C[C@H]2c2ccco2)n1. The molecule has 1 aliphatic carbocycles. The minimum atomic E-state index is -0.0610. The van der Waals surface area contributed by atoms with E-state index in [1.165, 1.54) is 0 Å². The number of furan rings is 1. The van der Waals surface area contributed by atoms with E-state index in [-0.39, 0.29) is 17.7 Å². The number of carbonyl (C=O) groups excluding carboxylic acids is 1. The number of hydrogen-bond acceptors (Lipinski definition) is 5. The predicted octanol–water partition coefficient (Wildman–Crippen LogP) is 1.93. The molecule has 2 heterocycles. The number of carbonyl (C=O) groups is 1. The molecule has 1 aliphatic rings. The number of rotatable bonds is 4. The smallest absolute Gasteiger partial charge is 0.242 e. The van der Waals surface area contributed by atoms with Gasteiger partial charge >= 0.3 is 0 Å². The van der Waals surface area contributed by atoms with Crippen LogP contribution in [0.3, 0.4) is 0 Å². The largest absolute Gasteiger partial charge is 0.469 e. The second-order valence-electron chi connectivity index (χ2n) is 5.05. The molecule has 0 radical (unpaired) electrons. The summed E-state index contributed by atoms with van der Waals surface area (Å²) in [4.78, 5) is 20.4. The molecular formula is C14H16N4O2. The van der Waals surface area contributed by atoms with Crippen LogP contribution in [0.2, 0.25) is 0 Å². The minimum Gasteiger partial charge on any atom is -0.469 e. The average Bonchev–Trinajstić information content (AvgIpc) is 3.01. The van der Waals surface area contributed by atoms with Crippen LogP contribution in [0.15, 0.2) is 28.9 Å². The fourth-order valence-electron chi connectivity index (χ4n) is 2.29. The van der Waals surface area contributed by atoms with Crippen molar-refractivity contribution in [2.45, 2.75) is 26.2 Å². The van der Waals surface area contributed by atoms with E-state index in [1.54, 1.807) is 6.26 Å². The van der Waals surface area contributed by atoms with Crippen LogP contribution >= 0.6 is 0 Å². The van der Waals surface area contributed by atoms with E-state index in [0.29, 0.717) is 5.95 Å². The van der Waals surface area contributed by atoms with E-state index in [1.807, 2.05) is 32.0 Å². The molecule has 0 bridgehead atoms. The van der Waals surface area contributed by atoms with Crippen molar-refractivity contribution in [3.05, 3.63) is 41.6 Å². The highest BCUT2D eigenvalue weighted by Gasteiger charge is 2.45. The highest BCUT2D eigenvalue weighted by Crippen LogP contribution is 2.47. The molecule has 2 aromatic heterocycles. The standard InChI is InChI=1S/C14H16N4O2/c1-8-6-9(2)16-14(15-8)18-17-13(19)11-7-10(11)12-4-3-5-20-12/h3-6,10-11H,7H2,1-2H3,(H,17,19)(H,15,16,18)/t10-,11-/m1/s1. The lowest BCUT2D eigenvalue weighted by molar-refractivity contribution is -0.121. The van der Waals surface area contributed by atoms with Crippen LogP contribution in [0.1, 0.15) is 29.5 Å². The highest BCUT2D eigenvalue weighted by molar-refractivity contribution is 5.83. The van der Waals surface area contributed by atoms with Gasteiger partial charge in [0.25, 0.3) is 0 Å². The zero-order valence-electron chi connectivity index (χ0n) is 11.4. The Morgan fingerprint density at radius 1 is 1.35 bits per heavy atom. The first-order valence-electron chi connectivity index (χ1n) is 6.55. The van der Waals surface area contributed by atoms with Gasteiger partial charge in [0, 0.05) is 17.3 Å².